The fourth-order valence-electron chi connectivity index (χ4n) is 0. The van der Waals surface area contributed by atoms with Gasteiger partial charge in [0.25, 0.3) is 0 Å². The second-order valence-electron chi connectivity index (χ2n) is 1.62. The van der Waals surface area contributed by atoms with E-state index in [4.69, 9.17) is 20.7 Å². The van der Waals surface area contributed by atoms with Crippen LogP contribution in [0, 0.1) is 0 Å². The van der Waals surface area contributed by atoms with Gasteiger partial charge >= 0.3 is 26.4 Å². The van der Waals surface area contributed by atoms with Crippen LogP contribution in [0.25, 0.3) is 0 Å². The van der Waals surface area contributed by atoms with E-state index in [-0.39, 0.29) is 20.4 Å². The number of carbonyl (C=O) groups excluding carboxylic acids is 1. The first-order valence-corrected chi connectivity index (χ1v) is 2.54. The Morgan fingerprint density at radius 2 is 1.64 bits per heavy atom. The molecule has 0 aromatic rings. The van der Waals surface area contributed by atoms with Crippen LogP contribution in [0.4, 0.5) is 0 Å². The molecule has 0 aliphatic heterocycles. The van der Waals surface area contributed by atoms with Gasteiger partial charge in [0.15, 0.2) is 0 Å². The van der Waals surface area contributed by atoms with Crippen LogP contribution >= 0.6 is 0 Å². The molecular weight excluding hydrogens is 244 g/mol. The topological polar surface area (TPSA) is 103 Å². The van der Waals surface area contributed by atoms with Gasteiger partial charge in [0.2, 0.25) is 0 Å². The smallest absolute Gasteiger partial charge is 0.550 e. The largest absolute Gasteiger partial charge is 2.00 e. The van der Waals surface area contributed by atoms with Crippen LogP contribution in [0.3, 0.4) is 0 Å². The predicted octanol–water partition coefficient (Wildman–Crippen LogP) is -1.83. The Bertz CT molecular complexity index is 122. The maximum atomic E-state index is 9.57. The summed E-state index contributed by atoms with van der Waals surface area (Å²) >= 11 is 0. The normalized spacial score (nSPS) is 9.73. The van der Waals surface area contributed by atoms with E-state index in [2.05, 4.69) is 0 Å². The summed E-state index contributed by atoms with van der Waals surface area (Å²) in [6.07, 6.45) is 0. The molecule has 0 rings (SSSR count). The first-order chi connectivity index (χ1) is 4.37. The Morgan fingerprint density at radius 1 is 1.55 bits per heavy atom. The third-order valence-electron chi connectivity index (χ3n) is 0.390. The minimum absolute atomic E-state index is 0. The van der Waals surface area contributed by atoms with Gasteiger partial charge in [-0.2, -0.15) is 0 Å². The van der Waals surface area contributed by atoms with E-state index in [1.807, 2.05) is 0 Å². The molecule has 0 aliphatic carbocycles. The average Bonchev–Trinajstić information content (AvgIpc) is 1.63. The fraction of sp³-hybridized carbons (Fsp3) is 0.600. The van der Waals surface area contributed by atoms with E-state index in [0.717, 1.165) is 6.92 Å². The fourth-order valence-corrected chi connectivity index (χ4v) is 0. The van der Waals surface area contributed by atoms with E-state index in [9.17, 15) is 4.79 Å². The second kappa shape index (κ2) is 9.56. The van der Waals surface area contributed by atoms with Gasteiger partial charge in [0.1, 0.15) is 6.04 Å². The Morgan fingerprint density at radius 3 is 1.64 bits per heavy atom. The second-order valence-corrected chi connectivity index (χ2v) is 1.62. The van der Waals surface area contributed by atoms with Crippen LogP contribution in [0.2, 0.25) is 0 Å². The van der Waals surface area contributed by atoms with E-state index in [0.29, 0.717) is 0 Å². The summed E-state index contributed by atoms with van der Waals surface area (Å²) in [6, 6.07) is -0.731. The standard InChI is InChI=1S/C3H7NO2.C2H4O2.Pd/c1-2(4)3(5)6;1-2(3)4;/h2H,4H2,1H3,(H,5,6);1H3,(H,3,4);/q;;+2/p-1. The maximum Gasteiger partial charge on any atom is 2.00 e. The van der Waals surface area contributed by atoms with Crippen molar-refractivity contribution in [3.05, 3.63) is 0 Å². The van der Waals surface area contributed by atoms with Crippen molar-refractivity contribution in [2.24, 2.45) is 5.73 Å². The summed E-state index contributed by atoms with van der Waals surface area (Å²) in [7, 11) is 0. The number of rotatable bonds is 1. The van der Waals surface area contributed by atoms with Crippen LogP contribution in [-0.2, 0) is 30.0 Å². The molecule has 0 amide bonds. The van der Waals surface area contributed by atoms with Gasteiger partial charge in [-0.05, 0) is 13.8 Å². The van der Waals surface area contributed by atoms with Crippen molar-refractivity contribution in [2.75, 3.05) is 0 Å². The zero-order chi connectivity index (χ0) is 8.73. The number of nitrogens with two attached hydrogens (primary N) is 1. The molecule has 0 aromatic carbocycles. The van der Waals surface area contributed by atoms with Crippen molar-refractivity contribution >= 4 is 11.9 Å². The Labute approximate surface area is 78.2 Å². The van der Waals surface area contributed by atoms with Crippen molar-refractivity contribution in [3.63, 3.8) is 0 Å². The molecule has 0 saturated carbocycles. The Balaban J connectivity index is -0.000000114. The molecule has 5 nitrogen and oxygen atoms in total. The quantitative estimate of drug-likeness (QED) is 0.536. The molecular formula is C5H10NO4Pd+. The van der Waals surface area contributed by atoms with Crippen LogP contribution in [0.15, 0.2) is 0 Å². The monoisotopic (exact) mass is 254 g/mol. The summed E-state index contributed by atoms with van der Waals surface area (Å²) in [4.78, 5) is 18.5. The number of carboxylic acid groups (broad SMARTS) is 2. The molecule has 11 heavy (non-hydrogen) atoms. The minimum atomic E-state index is -1.08. The predicted molar refractivity (Wildman–Crippen MR) is 32.0 cm³/mol. The number of hydrogen-bond donors (Lipinski definition) is 2. The van der Waals surface area contributed by atoms with Gasteiger partial charge < -0.3 is 20.7 Å². The summed E-state index contributed by atoms with van der Waals surface area (Å²) in [6.45, 7) is 2.39. The first kappa shape index (κ1) is 16.9. The van der Waals surface area contributed by atoms with Gasteiger partial charge in [-0.15, -0.1) is 0 Å². The Hall–Kier alpha value is -0.438. The molecule has 0 aliphatic rings. The summed E-state index contributed by atoms with van der Waals surface area (Å²) in [5, 5.41) is 16.8. The molecule has 0 spiro atoms. The van der Waals surface area contributed by atoms with Gasteiger partial charge in [-0.25, -0.2) is 0 Å². The number of carbonyl (C=O) groups is 2. The Kier molecular flexibility index (Phi) is 14.7. The summed E-state index contributed by atoms with van der Waals surface area (Å²) < 4.78 is 0. The van der Waals surface area contributed by atoms with Crippen LogP contribution in [0.1, 0.15) is 13.8 Å². The van der Waals surface area contributed by atoms with E-state index < -0.39 is 18.0 Å². The maximum absolute atomic E-state index is 9.57. The van der Waals surface area contributed by atoms with E-state index >= 15 is 0 Å². The van der Waals surface area contributed by atoms with Gasteiger partial charge in [0, 0.05) is 5.97 Å². The molecule has 3 N–H and O–H groups in total. The van der Waals surface area contributed by atoms with Crippen LogP contribution in [-0.4, -0.2) is 23.1 Å². The third-order valence-corrected chi connectivity index (χ3v) is 0.390. The molecule has 0 bridgehead atoms. The zero-order valence-electron chi connectivity index (χ0n) is 6.14. The summed E-state index contributed by atoms with van der Waals surface area (Å²) in [5.41, 5.74) is 4.84. The average molecular weight is 255 g/mol. The minimum Gasteiger partial charge on any atom is -0.550 e. The number of carboxylic acids is 2. The summed E-state index contributed by atoms with van der Waals surface area (Å²) in [5.74, 6) is -2.05. The van der Waals surface area contributed by atoms with Gasteiger partial charge in [0.05, 0.1) is 0 Å². The number of aliphatic carboxylic acids is 2. The van der Waals surface area contributed by atoms with Gasteiger partial charge in [-0.1, -0.05) is 0 Å². The molecule has 0 heterocycles. The van der Waals surface area contributed by atoms with Gasteiger partial charge in [-0.3, -0.25) is 4.79 Å². The first-order valence-electron chi connectivity index (χ1n) is 2.54. The van der Waals surface area contributed by atoms with Crippen molar-refractivity contribution in [1.82, 2.24) is 0 Å². The molecule has 6 heteroatoms. The molecule has 1 unspecified atom stereocenters. The van der Waals surface area contributed by atoms with Crippen LogP contribution in [0.5, 0.6) is 0 Å². The molecule has 68 valence electrons. The number of hydrogen-bond acceptors (Lipinski definition) is 4. The van der Waals surface area contributed by atoms with Crippen molar-refractivity contribution in [3.8, 4) is 0 Å². The van der Waals surface area contributed by atoms with E-state index in [1.165, 1.54) is 6.92 Å². The molecule has 0 radical (unpaired) electrons. The van der Waals surface area contributed by atoms with Crippen molar-refractivity contribution in [2.45, 2.75) is 19.9 Å². The van der Waals surface area contributed by atoms with Crippen LogP contribution < -0.4 is 10.8 Å². The zero-order valence-corrected chi connectivity index (χ0v) is 7.70. The van der Waals surface area contributed by atoms with Crippen molar-refractivity contribution in [1.29, 1.82) is 0 Å². The molecule has 0 saturated heterocycles. The third kappa shape index (κ3) is 43.1. The molecule has 0 fully saturated rings. The van der Waals surface area contributed by atoms with Crippen molar-refractivity contribution < 1.29 is 40.2 Å². The molecule has 0 aromatic heterocycles. The molecule has 1 atom stereocenters. The SMILES string of the molecule is CC(=O)[O-].CC(N)C(=O)O.[Pd+2]. The van der Waals surface area contributed by atoms with E-state index in [1.54, 1.807) is 0 Å².